The van der Waals surface area contributed by atoms with E-state index in [1.54, 1.807) is 17.5 Å². The zero-order valence-corrected chi connectivity index (χ0v) is 11.4. The number of benzene rings is 1. The van der Waals surface area contributed by atoms with Crippen LogP contribution < -0.4 is 4.90 Å². The SMILES string of the molecule is CN(C)c1ccc(C(=O)CCc2nccs2)cc1. The summed E-state index contributed by atoms with van der Waals surface area (Å²) in [5, 5.41) is 2.96. The Hall–Kier alpha value is -1.68. The van der Waals surface area contributed by atoms with Crippen LogP contribution in [0.5, 0.6) is 0 Å². The molecule has 0 atom stereocenters. The molecule has 0 N–H and O–H groups in total. The van der Waals surface area contributed by atoms with Gasteiger partial charge in [-0.1, -0.05) is 0 Å². The number of nitrogens with zero attached hydrogens (tertiary/aromatic N) is 2. The molecule has 0 fully saturated rings. The Kier molecular flexibility index (Phi) is 4.10. The third kappa shape index (κ3) is 3.17. The summed E-state index contributed by atoms with van der Waals surface area (Å²) in [4.78, 5) is 18.2. The summed E-state index contributed by atoms with van der Waals surface area (Å²) in [5.74, 6) is 0.176. The maximum absolute atomic E-state index is 12.0. The van der Waals surface area contributed by atoms with Crippen LogP contribution in [0.4, 0.5) is 5.69 Å². The van der Waals surface area contributed by atoms with Gasteiger partial charge in [-0.2, -0.15) is 0 Å². The van der Waals surface area contributed by atoms with Gasteiger partial charge in [0.1, 0.15) is 0 Å². The molecule has 2 rings (SSSR count). The van der Waals surface area contributed by atoms with Crippen molar-refractivity contribution in [3.63, 3.8) is 0 Å². The van der Waals surface area contributed by atoms with E-state index in [2.05, 4.69) is 4.98 Å². The standard InChI is InChI=1S/C14H16N2OS/c1-16(2)12-5-3-11(4-6-12)13(17)7-8-14-15-9-10-18-14/h3-6,9-10H,7-8H2,1-2H3. The Morgan fingerprint density at radius 3 is 2.56 bits per heavy atom. The summed E-state index contributed by atoms with van der Waals surface area (Å²) in [6.07, 6.45) is 3.02. The first kappa shape index (κ1) is 12.8. The molecule has 1 aromatic carbocycles. The van der Waals surface area contributed by atoms with Crippen molar-refractivity contribution in [2.45, 2.75) is 12.8 Å². The summed E-state index contributed by atoms with van der Waals surface area (Å²) < 4.78 is 0. The fourth-order valence-electron chi connectivity index (χ4n) is 1.69. The van der Waals surface area contributed by atoms with Gasteiger partial charge in [0.25, 0.3) is 0 Å². The molecule has 0 aliphatic carbocycles. The maximum Gasteiger partial charge on any atom is 0.163 e. The topological polar surface area (TPSA) is 33.2 Å². The number of anilines is 1. The molecule has 0 aliphatic heterocycles. The average molecular weight is 260 g/mol. The zero-order chi connectivity index (χ0) is 13.0. The highest BCUT2D eigenvalue weighted by Gasteiger charge is 2.07. The minimum atomic E-state index is 0.176. The van der Waals surface area contributed by atoms with Crippen molar-refractivity contribution in [1.82, 2.24) is 4.98 Å². The monoisotopic (exact) mass is 260 g/mol. The third-order valence-electron chi connectivity index (χ3n) is 2.76. The van der Waals surface area contributed by atoms with Gasteiger partial charge in [0.05, 0.1) is 5.01 Å². The molecule has 0 radical (unpaired) electrons. The van der Waals surface area contributed by atoms with Gasteiger partial charge in [0.15, 0.2) is 5.78 Å². The molecule has 0 bridgehead atoms. The second-order valence-electron chi connectivity index (χ2n) is 4.29. The van der Waals surface area contributed by atoms with Crippen LogP contribution in [0.1, 0.15) is 21.8 Å². The fourth-order valence-corrected chi connectivity index (χ4v) is 2.31. The summed E-state index contributed by atoms with van der Waals surface area (Å²) in [6, 6.07) is 7.71. The van der Waals surface area contributed by atoms with Crippen molar-refractivity contribution in [1.29, 1.82) is 0 Å². The second kappa shape index (κ2) is 5.78. The van der Waals surface area contributed by atoms with Gasteiger partial charge in [-0.15, -0.1) is 11.3 Å². The molecular formula is C14H16N2OS. The Balaban J connectivity index is 1.96. The molecule has 2 aromatic rings. The Morgan fingerprint density at radius 2 is 2.00 bits per heavy atom. The number of aromatic nitrogens is 1. The van der Waals surface area contributed by atoms with Gasteiger partial charge in [0.2, 0.25) is 0 Å². The van der Waals surface area contributed by atoms with Crippen LogP contribution in [0.15, 0.2) is 35.8 Å². The average Bonchev–Trinajstić information content (AvgIpc) is 2.89. The lowest BCUT2D eigenvalue weighted by Crippen LogP contribution is -2.09. The predicted molar refractivity (Wildman–Crippen MR) is 75.5 cm³/mol. The number of hydrogen-bond acceptors (Lipinski definition) is 4. The van der Waals surface area contributed by atoms with Crippen LogP contribution in [0.25, 0.3) is 0 Å². The number of thiazole rings is 1. The quantitative estimate of drug-likeness (QED) is 0.775. The van der Waals surface area contributed by atoms with E-state index in [9.17, 15) is 4.79 Å². The van der Waals surface area contributed by atoms with Crippen molar-refractivity contribution in [2.75, 3.05) is 19.0 Å². The summed E-state index contributed by atoms with van der Waals surface area (Å²) >= 11 is 1.60. The zero-order valence-electron chi connectivity index (χ0n) is 10.6. The van der Waals surface area contributed by atoms with E-state index in [0.717, 1.165) is 22.7 Å². The van der Waals surface area contributed by atoms with Gasteiger partial charge in [-0.3, -0.25) is 4.79 Å². The van der Waals surface area contributed by atoms with Crippen LogP contribution in [0.2, 0.25) is 0 Å². The minimum absolute atomic E-state index is 0.176. The first-order valence-electron chi connectivity index (χ1n) is 5.86. The summed E-state index contributed by atoms with van der Waals surface area (Å²) in [5.41, 5.74) is 1.88. The Labute approximate surface area is 111 Å². The number of rotatable bonds is 5. The van der Waals surface area contributed by atoms with Crippen molar-refractivity contribution >= 4 is 22.8 Å². The van der Waals surface area contributed by atoms with E-state index in [0.29, 0.717) is 6.42 Å². The van der Waals surface area contributed by atoms with Crippen molar-refractivity contribution in [3.8, 4) is 0 Å². The van der Waals surface area contributed by atoms with Gasteiger partial charge in [-0.25, -0.2) is 4.98 Å². The number of ketones is 1. The lowest BCUT2D eigenvalue weighted by Gasteiger charge is -2.12. The lowest BCUT2D eigenvalue weighted by atomic mass is 10.1. The van der Waals surface area contributed by atoms with Gasteiger partial charge in [-0.05, 0) is 24.3 Å². The van der Waals surface area contributed by atoms with Crippen LogP contribution in [0, 0.1) is 0 Å². The molecule has 0 spiro atoms. The van der Waals surface area contributed by atoms with E-state index in [-0.39, 0.29) is 5.78 Å². The summed E-state index contributed by atoms with van der Waals surface area (Å²) in [7, 11) is 3.97. The molecule has 4 heteroatoms. The smallest absolute Gasteiger partial charge is 0.163 e. The molecule has 1 aromatic heterocycles. The lowest BCUT2D eigenvalue weighted by molar-refractivity contribution is 0.0983. The first-order valence-corrected chi connectivity index (χ1v) is 6.74. The van der Waals surface area contributed by atoms with Crippen molar-refractivity contribution in [2.24, 2.45) is 0 Å². The van der Waals surface area contributed by atoms with E-state index in [4.69, 9.17) is 0 Å². The Morgan fingerprint density at radius 1 is 1.28 bits per heavy atom. The molecule has 18 heavy (non-hydrogen) atoms. The molecule has 1 heterocycles. The van der Waals surface area contributed by atoms with Crippen LogP contribution in [0.3, 0.4) is 0 Å². The van der Waals surface area contributed by atoms with Gasteiger partial charge >= 0.3 is 0 Å². The summed E-state index contributed by atoms with van der Waals surface area (Å²) in [6.45, 7) is 0. The molecule has 3 nitrogen and oxygen atoms in total. The van der Waals surface area contributed by atoms with E-state index < -0.39 is 0 Å². The van der Waals surface area contributed by atoms with E-state index >= 15 is 0 Å². The normalized spacial score (nSPS) is 10.3. The van der Waals surface area contributed by atoms with Crippen LogP contribution in [-0.4, -0.2) is 24.9 Å². The number of Topliss-reactive ketones (excluding diaryl/α,β-unsaturated/α-hetero) is 1. The Bertz CT molecular complexity index is 503. The number of aryl methyl sites for hydroxylation is 1. The predicted octanol–water partition coefficient (Wildman–Crippen LogP) is 3.02. The molecule has 0 saturated heterocycles. The molecular weight excluding hydrogens is 244 g/mol. The van der Waals surface area contributed by atoms with Crippen LogP contribution in [-0.2, 0) is 6.42 Å². The van der Waals surface area contributed by atoms with Crippen molar-refractivity contribution in [3.05, 3.63) is 46.4 Å². The van der Waals surface area contributed by atoms with Gasteiger partial charge in [0, 0.05) is 49.8 Å². The molecule has 0 unspecified atom stereocenters. The third-order valence-corrected chi connectivity index (χ3v) is 3.59. The number of carbonyl (C=O) groups is 1. The highest BCUT2D eigenvalue weighted by atomic mass is 32.1. The molecule has 0 aliphatic rings. The second-order valence-corrected chi connectivity index (χ2v) is 5.27. The minimum Gasteiger partial charge on any atom is -0.378 e. The highest BCUT2D eigenvalue weighted by molar-refractivity contribution is 7.09. The molecule has 0 amide bonds. The van der Waals surface area contributed by atoms with Crippen LogP contribution >= 0.6 is 11.3 Å². The highest BCUT2D eigenvalue weighted by Crippen LogP contribution is 2.15. The van der Waals surface area contributed by atoms with E-state index in [1.165, 1.54) is 0 Å². The number of carbonyl (C=O) groups excluding carboxylic acids is 1. The maximum atomic E-state index is 12.0. The molecule has 94 valence electrons. The fraction of sp³-hybridized carbons (Fsp3) is 0.286. The van der Waals surface area contributed by atoms with E-state index in [1.807, 2.05) is 48.6 Å². The number of hydrogen-bond donors (Lipinski definition) is 0. The first-order chi connectivity index (χ1) is 8.66. The molecule has 0 saturated carbocycles. The van der Waals surface area contributed by atoms with Crippen molar-refractivity contribution < 1.29 is 4.79 Å². The van der Waals surface area contributed by atoms with Gasteiger partial charge < -0.3 is 4.90 Å². The largest absolute Gasteiger partial charge is 0.378 e.